The van der Waals surface area contributed by atoms with Gasteiger partial charge in [0.05, 0.1) is 18.4 Å². The van der Waals surface area contributed by atoms with E-state index < -0.39 is 5.92 Å². The number of rotatable bonds is 7. The molecule has 176 valence electrons. The first-order chi connectivity index (χ1) is 15.9. The lowest BCUT2D eigenvalue weighted by Gasteiger charge is -2.43. The first kappa shape index (κ1) is 23.3. The SMILES string of the molecule is CC(C1CCN(C2CCC2)CC1)N1CC(C#CC(CC(=N)c2ccccc2O)C(=N)N)C=N1. The fourth-order valence-corrected chi connectivity index (χ4v) is 5.07. The third kappa shape index (κ3) is 5.56. The van der Waals surface area contributed by atoms with E-state index in [2.05, 4.69) is 33.8 Å². The molecule has 3 unspecified atom stereocenters. The van der Waals surface area contributed by atoms with E-state index in [1.54, 1.807) is 24.3 Å². The summed E-state index contributed by atoms with van der Waals surface area (Å²) in [6, 6.07) is 7.99. The lowest BCUT2D eigenvalue weighted by atomic mass is 9.85. The highest BCUT2D eigenvalue weighted by Crippen LogP contribution is 2.32. The number of nitrogens with one attached hydrogen (secondary N) is 2. The molecular formula is C26H36N6O. The van der Waals surface area contributed by atoms with Crippen LogP contribution in [0.2, 0.25) is 0 Å². The molecule has 0 bridgehead atoms. The molecule has 7 nitrogen and oxygen atoms in total. The first-order valence-electron chi connectivity index (χ1n) is 12.2. The van der Waals surface area contributed by atoms with E-state index >= 15 is 0 Å². The van der Waals surface area contributed by atoms with Gasteiger partial charge >= 0.3 is 0 Å². The normalized spacial score (nSPS) is 23.4. The van der Waals surface area contributed by atoms with Crippen LogP contribution in [0.3, 0.4) is 0 Å². The number of phenols is 1. The van der Waals surface area contributed by atoms with Crippen molar-refractivity contribution >= 4 is 17.8 Å². The van der Waals surface area contributed by atoms with E-state index in [4.69, 9.17) is 16.6 Å². The Morgan fingerprint density at radius 3 is 2.58 bits per heavy atom. The second kappa shape index (κ2) is 10.4. The summed E-state index contributed by atoms with van der Waals surface area (Å²) in [7, 11) is 0. The summed E-state index contributed by atoms with van der Waals surface area (Å²) in [6.45, 7) is 5.47. The number of amidine groups is 1. The number of phenolic OH excluding ortho intramolecular Hbond substituents is 1. The third-order valence-corrected chi connectivity index (χ3v) is 7.55. The minimum atomic E-state index is -0.548. The predicted octanol–water partition coefficient (Wildman–Crippen LogP) is 3.28. The van der Waals surface area contributed by atoms with Crippen molar-refractivity contribution in [2.45, 2.75) is 57.5 Å². The van der Waals surface area contributed by atoms with Crippen LogP contribution in [0.25, 0.3) is 0 Å². The lowest BCUT2D eigenvalue weighted by molar-refractivity contribution is 0.0548. The topological polar surface area (TPSA) is 113 Å². The van der Waals surface area contributed by atoms with Crippen molar-refractivity contribution in [3.63, 3.8) is 0 Å². The molecule has 33 heavy (non-hydrogen) atoms. The van der Waals surface area contributed by atoms with Gasteiger partial charge in [-0.25, -0.2) is 0 Å². The second-order valence-electron chi connectivity index (χ2n) is 9.69. The maximum absolute atomic E-state index is 9.99. The Morgan fingerprint density at radius 2 is 1.94 bits per heavy atom. The van der Waals surface area contributed by atoms with Gasteiger partial charge in [0.25, 0.3) is 0 Å². The van der Waals surface area contributed by atoms with Crippen LogP contribution in [-0.2, 0) is 0 Å². The third-order valence-electron chi connectivity index (χ3n) is 7.55. The molecule has 1 saturated carbocycles. The summed E-state index contributed by atoms with van der Waals surface area (Å²) in [6.07, 6.45) is 8.73. The Bertz CT molecular complexity index is 951. The number of nitrogens with two attached hydrogens (primary N) is 1. The molecule has 3 atom stereocenters. The number of nitrogens with zero attached hydrogens (tertiary/aromatic N) is 3. The smallest absolute Gasteiger partial charge is 0.124 e. The molecule has 4 rings (SSSR count). The van der Waals surface area contributed by atoms with Crippen molar-refractivity contribution in [2.24, 2.45) is 28.6 Å². The Labute approximate surface area is 197 Å². The van der Waals surface area contributed by atoms with Gasteiger partial charge < -0.3 is 21.1 Å². The Balaban J connectivity index is 1.29. The van der Waals surface area contributed by atoms with Crippen LogP contribution < -0.4 is 5.73 Å². The maximum Gasteiger partial charge on any atom is 0.124 e. The summed E-state index contributed by atoms with van der Waals surface area (Å²) in [5, 5.41) is 33.1. The van der Waals surface area contributed by atoms with Crippen molar-refractivity contribution in [3.05, 3.63) is 29.8 Å². The van der Waals surface area contributed by atoms with Gasteiger partial charge in [0.1, 0.15) is 11.6 Å². The second-order valence-corrected chi connectivity index (χ2v) is 9.69. The molecule has 0 aromatic heterocycles. The van der Waals surface area contributed by atoms with Crippen molar-refractivity contribution in [2.75, 3.05) is 19.6 Å². The van der Waals surface area contributed by atoms with Gasteiger partial charge in [-0.3, -0.25) is 10.4 Å². The molecule has 0 spiro atoms. The van der Waals surface area contributed by atoms with E-state index in [-0.39, 0.29) is 29.6 Å². The monoisotopic (exact) mass is 448 g/mol. The lowest BCUT2D eigenvalue weighted by Crippen LogP contribution is -2.47. The molecule has 2 heterocycles. The standard InChI is InChI=1S/C26H36N6O/c1-18(20-11-13-31(14-12-20)22-5-4-6-22)32-17-19(16-30-32)9-10-21(26(28)29)15-24(27)23-7-2-3-8-25(23)33/h2-3,7-8,16,18-22,27,33H,4-6,11-15,17H2,1H3,(H3,28,29). The fraction of sp³-hybridized carbons (Fsp3) is 0.577. The summed E-state index contributed by atoms with van der Waals surface area (Å²) >= 11 is 0. The minimum absolute atomic E-state index is 0.00340. The molecular weight excluding hydrogens is 412 g/mol. The average molecular weight is 449 g/mol. The number of hydrazone groups is 1. The molecule has 7 heteroatoms. The van der Waals surface area contributed by atoms with E-state index in [0.29, 0.717) is 17.5 Å². The zero-order valence-electron chi connectivity index (χ0n) is 19.5. The van der Waals surface area contributed by atoms with Crippen LogP contribution in [0, 0.1) is 40.4 Å². The van der Waals surface area contributed by atoms with E-state index in [9.17, 15) is 5.11 Å². The van der Waals surface area contributed by atoms with Gasteiger partial charge in [-0.1, -0.05) is 30.4 Å². The molecule has 0 amide bonds. The fourth-order valence-electron chi connectivity index (χ4n) is 5.07. The predicted molar refractivity (Wildman–Crippen MR) is 133 cm³/mol. The van der Waals surface area contributed by atoms with Gasteiger partial charge in [0.15, 0.2) is 0 Å². The average Bonchev–Trinajstić information content (AvgIpc) is 3.24. The summed E-state index contributed by atoms with van der Waals surface area (Å²) in [5.74, 6) is 6.46. The van der Waals surface area contributed by atoms with Crippen molar-refractivity contribution < 1.29 is 5.11 Å². The molecule has 1 aliphatic carbocycles. The van der Waals surface area contributed by atoms with E-state index in [1.807, 2.05) is 6.21 Å². The van der Waals surface area contributed by atoms with Crippen molar-refractivity contribution in [1.82, 2.24) is 9.91 Å². The highest BCUT2D eigenvalue weighted by atomic mass is 16.3. The molecule has 2 aliphatic heterocycles. The van der Waals surface area contributed by atoms with Gasteiger partial charge in [-0.2, -0.15) is 5.10 Å². The number of hydrogen-bond acceptors (Lipinski definition) is 6. The maximum atomic E-state index is 9.99. The van der Waals surface area contributed by atoms with Crippen LogP contribution in [0.1, 0.15) is 51.0 Å². The Morgan fingerprint density at radius 1 is 1.21 bits per heavy atom. The number of benzene rings is 1. The van der Waals surface area contributed by atoms with Gasteiger partial charge in [-0.05, 0) is 63.7 Å². The molecule has 1 saturated heterocycles. The van der Waals surface area contributed by atoms with Crippen LogP contribution in [0.15, 0.2) is 29.4 Å². The van der Waals surface area contributed by atoms with Gasteiger partial charge in [0.2, 0.25) is 0 Å². The van der Waals surface area contributed by atoms with Crippen LogP contribution >= 0.6 is 0 Å². The number of likely N-dealkylation sites (tertiary alicyclic amines) is 1. The number of piperidine rings is 1. The first-order valence-corrected chi connectivity index (χ1v) is 12.2. The van der Waals surface area contributed by atoms with Crippen LogP contribution in [-0.4, -0.2) is 64.5 Å². The highest BCUT2D eigenvalue weighted by molar-refractivity contribution is 6.03. The van der Waals surface area contributed by atoms with E-state index in [0.717, 1.165) is 12.6 Å². The summed E-state index contributed by atoms with van der Waals surface area (Å²) in [5.41, 5.74) is 6.46. The largest absolute Gasteiger partial charge is 0.507 e. The Hall–Kier alpha value is -2.85. The van der Waals surface area contributed by atoms with Crippen molar-refractivity contribution in [3.8, 4) is 17.6 Å². The van der Waals surface area contributed by atoms with Crippen LogP contribution in [0.5, 0.6) is 5.75 Å². The Kier molecular flexibility index (Phi) is 7.34. The van der Waals surface area contributed by atoms with Crippen LogP contribution in [0.4, 0.5) is 0 Å². The number of para-hydroxylation sites is 1. The highest BCUT2D eigenvalue weighted by Gasteiger charge is 2.33. The summed E-state index contributed by atoms with van der Waals surface area (Å²) in [4.78, 5) is 2.68. The molecule has 1 aromatic rings. The molecule has 3 aliphatic rings. The molecule has 0 radical (unpaired) electrons. The molecule has 1 aromatic carbocycles. The van der Waals surface area contributed by atoms with E-state index in [1.165, 1.54) is 45.2 Å². The molecule has 2 fully saturated rings. The quantitative estimate of drug-likeness (QED) is 0.291. The minimum Gasteiger partial charge on any atom is -0.507 e. The van der Waals surface area contributed by atoms with Crippen molar-refractivity contribution in [1.29, 1.82) is 10.8 Å². The zero-order valence-corrected chi connectivity index (χ0v) is 19.5. The summed E-state index contributed by atoms with van der Waals surface area (Å²) < 4.78 is 0. The molecule has 5 N–H and O–H groups in total. The van der Waals surface area contributed by atoms with Gasteiger partial charge in [0, 0.05) is 36.0 Å². The number of hydrogen-bond donors (Lipinski definition) is 4. The number of aromatic hydroxyl groups is 1. The zero-order chi connectivity index (χ0) is 23.4. The van der Waals surface area contributed by atoms with Gasteiger partial charge in [-0.15, -0.1) is 0 Å².